The van der Waals surface area contributed by atoms with Crippen molar-refractivity contribution in [3.63, 3.8) is 0 Å². The van der Waals surface area contributed by atoms with Crippen LogP contribution in [0.15, 0.2) is 35.9 Å². The minimum atomic E-state index is -0.640. The van der Waals surface area contributed by atoms with E-state index in [9.17, 15) is 24.9 Å². The summed E-state index contributed by atoms with van der Waals surface area (Å²) in [6.45, 7) is 16.7. The van der Waals surface area contributed by atoms with Gasteiger partial charge in [-0.05, 0) is 127 Å². The van der Waals surface area contributed by atoms with Gasteiger partial charge in [0, 0.05) is 11.5 Å². The zero-order chi connectivity index (χ0) is 32.8. The second-order valence-electron chi connectivity index (χ2n) is 17.6. The van der Waals surface area contributed by atoms with Crippen LogP contribution in [0.4, 0.5) is 0 Å². The monoisotopic (exact) mass is 618 g/mol. The van der Waals surface area contributed by atoms with Crippen LogP contribution < -0.4 is 0 Å². The number of carboxylic acids is 1. The average Bonchev–Trinajstić information content (AvgIpc) is 2.94. The lowest BCUT2D eigenvalue weighted by atomic mass is 9.34. The lowest BCUT2D eigenvalue weighted by Crippen LogP contribution is -2.64. The fourth-order valence-corrected chi connectivity index (χ4v) is 12.0. The summed E-state index contributed by atoms with van der Waals surface area (Å²) in [5, 5.41) is 30.0. The molecule has 0 bridgehead atoms. The Morgan fingerprint density at radius 3 is 2.16 bits per heavy atom. The van der Waals surface area contributed by atoms with Crippen LogP contribution in [-0.4, -0.2) is 33.4 Å². The van der Waals surface area contributed by atoms with Gasteiger partial charge in [0.2, 0.25) is 0 Å². The van der Waals surface area contributed by atoms with E-state index in [0.717, 1.165) is 57.8 Å². The molecule has 0 spiro atoms. The second-order valence-corrected chi connectivity index (χ2v) is 17.6. The molecule has 0 aromatic heterocycles. The molecule has 246 valence electrons. The Morgan fingerprint density at radius 1 is 0.822 bits per heavy atom. The highest BCUT2D eigenvalue weighted by Gasteiger charge is 2.68. The number of benzene rings is 1. The summed E-state index contributed by atoms with van der Waals surface area (Å²) < 4.78 is 6.15. The smallest absolute Gasteiger partial charge is 0.331 e. The van der Waals surface area contributed by atoms with Gasteiger partial charge in [-0.15, -0.1) is 0 Å². The molecule has 8 atom stereocenters. The van der Waals surface area contributed by atoms with E-state index in [4.69, 9.17) is 4.74 Å². The molecular weight excluding hydrogens is 564 g/mol. The molecule has 0 amide bonds. The number of carbonyl (C=O) groups excluding carboxylic acids is 1. The maximum absolute atomic E-state index is 13.0. The van der Waals surface area contributed by atoms with E-state index >= 15 is 0 Å². The number of rotatable bonds is 4. The van der Waals surface area contributed by atoms with Crippen LogP contribution in [0.25, 0.3) is 6.08 Å². The van der Waals surface area contributed by atoms with E-state index in [-0.39, 0.29) is 56.6 Å². The quantitative estimate of drug-likeness (QED) is 0.135. The van der Waals surface area contributed by atoms with Gasteiger partial charge in [0.05, 0.1) is 5.41 Å². The maximum atomic E-state index is 13.0. The van der Waals surface area contributed by atoms with Crippen molar-refractivity contribution < 1.29 is 29.6 Å². The van der Waals surface area contributed by atoms with Crippen molar-refractivity contribution in [2.45, 2.75) is 119 Å². The number of aliphatic carboxylic acids is 1. The number of carboxylic acid groups (broad SMARTS) is 1. The van der Waals surface area contributed by atoms with E-state index in [2.05, 4.69) is 54.5 Å². The van der Waals surface area contributed by atoms with E-state index in [1.165, 1.54) is 18.2 Å². The number of fused-ring (bicyclic) bond motifs is 7. The molecule has 0 radical (unpaired) electrons. The molecule has 8 unspecified atom stereocenters. The van der Waals surface area contributed by atoms with Gasteiger partial charge in [-0.25, -0.2) is 4.79 Å². The number of phenols is 2. The van der Waals surface area contributed by atoms with Crippen LogP contribution in [0, 0.1) is 50.2 Å². The zero-order valence-electron chi connectivity index (χ0n) is 28.4. The highest BCUT2D eigenvalue weighted by Crippen LogP contribution is 2.75. The van der Waals surface area contributed by atoms with Crippen molar-refractivity contribution in [1.29, 1.82) is 0 Å². The largest absolute Gasteiger partial charge is 0.504 e. The SMILES string of the molecule is CC1(C)CCC2(C(=O)O)CC=C3C(C)(CCC4C3(C)CCC3C(C)(C)C(OC(=O)C=Cc5ccc(O)c(O)c5)CCC43C)C2C1. The van der Waals surface area contributed by atoms with Crippen molar-refractivity contribution in [3.8, 4) is 11.5 Å². The molecule has 6 nitrogen and oxygen atoms in total. The van der Waals surface area contributed by atoms with E-state index in [1.807, 2.05) is 0 Å². The standard InChI is InChI=1S/C39H54O6/c1-34(2)20-21-39(33(43)44)19-14-29-37(6)16-12-27-35(3,4)31(45-32(42)11-9-24-8-10-25(40)26(41)22-24)15-18-36(27,5)28(37)13-17-38(29,7)30(39)23-34/h8-11,14,22,27-28,30-31,40-41H,12-13,15-21,23H2,1-7H3,(H,43,44). The molecule has 3 N–H and O–H groups in total. The summed E-state index contributed by atoms with van der Waals surface area (Å²) in [6, 6.07) is 4.46. The topological polar surface area (TPSA) is 104 Å². The Balaban J connectivity index is 1.24. The normalized spacial score (nSPS) is 41.5. The number of hydrogen-bond acceptors (Lipinski definition) is 5. The first-order valence-corrected chi connectivity index (χ1v) is 17.2. The van der Waals surface area contributed by atoms with Gasteiger partial charge in [-0.1, -0.05) is 66.2 Å². The molecule has 0 heterocycles. The molecule has 4 saturated carbocycles. The van der Waals surface area contributed by atoms with Crippen LogP contribution in [0.2, 0.25) is 0 Å². The minimum absolute atomic E-state index is 0.0442. The number of carbonyl (C=O) groups is 2. The Morgan fingerprint density at radius 2 is 1.49 bits per heavy atom. The molecule has 4 fully saturated rings. The van der Waals surface area contributed by atoms with Gasteiger partial charge < -0.3 is 20.1 Å². The number of ether oxygens (including phenoxy) is 1. The third-order valence-electron chi connectivity index (χ3n) is 14.4. The molecular formula is C39H54O6. The number of phenolic OH excluding ortho intramolecular Hbond substituents is 2. The Bertz CT molecular complexity index is 1450. The summed E-state index contributed by atoms with van der Waals surface area (Å²) >= 11 is 0. The maximum Gasteiger partial charge on any atom is 0.331 e. The van der Waals surface area contributed by atoms with Crippen molar-refractivity contribution in [1.82, 2.24) is 0 Å². The third kappa shape index (κ3) is 4.78. The number of aromatic hydroxyl groups is 2. The van der Waals surface area contributed by atoms with E-state index in [0.29, 0.717) is 23.8 Å². The number of hydrogen-bond donors (Lipinski definition) is 3. The number of esters is 1. The Kier molecular flexibility index (Phi) is 7.42. The highest BCUT2D eigenvalue weighted by atomic mass is 16.5. The fraction of sp³-hybridized carbons (Fsp3) is 0.692. The fourth-order valence-electron chi connectivity index (χ4n) is 12.0. The second kappa shape index (κ2) is 10.4. The van der Waals surface area contributed by atoms with E-state index < -0.39 is 11.4 Å². The Labute approximate surface area is 269 Å². The summed E-state index contributed by atoms with van der Waals surface area (Å²) in [5.74, 6) is -0.309. The summed E-state index contributed by atoms with van der Waals surface area (Å²) in [4.78, 5) is 26.0. The number of allylic oxidation sites excluding steroid dienone is 2. The summed E-state index contributed by atoms with van der Waals surface area (Å²) in [5.41, 5.74) is 1.56. The average molecular weight is 619 g/mol. The van der Waals surface area contributed by atoms with Crippen LogP contribution in [-0.2, 0) is 14.3 Å². The van der Waals surface area contributed by atoms with Crippen LogP contribution in [0.3, 0.4) is 0 Å². The first kappa shape index (κ1) is 32.2. The van der Waals surface area contributed by atoms with Crippen molar-refractivity contribution in [2.75, 3.05) is 0 Å². The predicted octanol–water partition coefficient (Wildman–Crippen LogP) is 8.91. The molecule has 0 saturated heterocycles. The molecule has 5 aliphatic carbocycles. The van der Waals surface area contributed by atoms with Crippen molar-refractivity contribution in [2.24, 2.45) is 50.2 Å². The van der Waals surface area contributed by atoms with Crippen LogP contribution in [0.1, 0.15) is 118 Å². The predicted molar refractivity (Wildman–Crippen MR) is 175 cm³/mol. The molecule has 6 heteroatoms. The summed E-state index contributed by atoms with van der Waals surface area (Å²) in [6.07, 6.45) is 14.8. The molecule has 5 aliphatic rings. The van der Waals surface area contributed by atoms with Crippen molar-refractivity contribution in [3.05, 3.63) is 41.5 Å². The van der Waals surface area contributed by atoms with Gasteiger partial charge >= 0.3 is 11.9 Å². The molecule has 1 aromatic carbocycles. The highest BCUT2D eigenvalue weighted by molar-refractivity contribution is 5.87. The summed E-state index contributed by atoms with van der Waals surface area (Å²) in [7, 11) is 0. The zero-order valence-corrected chi connectivity index (χ0v) is 28.4. The third-order valence-corrected chi connectivity index (χ3v) is 14.4. The van der Waals surface area contributed by atoms with Crippen LogP contribution >= 0.6 is 0 Å². The first-order chi connectivity index (χ1) is 20.9. The Hall–Kier alpha value is -2.76. The first-order valence-electron chi connectivity index (χ1n) is 17.2. The van der Waals surface area contributed by atoms with Crippen LogP contribution in [0.5, 0.6) is 11.5 Å². The van der Waals surface area contributed by atoms with Gasteiger partial charge in [0.25, 0.3) is 0 Å². The van der Waals surface area contributed by atoms with E-state index in [1.54, 1.807) is 17.7 Å². The van der Waals surface area contributed by atoms with Gasteiger partial charge in [0.1, 0.15) is 6.10 Å². The van der Waals surface area contributed by atoms with Gasteiger partial charge in [0.15, 0.2) is 11.5 Å². The minimum Gasteiger partial charge on any atom is -0.504 e. The molecule has 45 heavy (non-hydrogen) atoms. The van der Waals surface area contributed by atoms with Gasteiger partial charge in [-0.2, -0.15) is 0 Å². The molecule has 0 aliphatic heterocycles. The lowest BCUT2D eigenvalue weighted by molar-refractivity contribution is -0.199. The molecule has 1 aromatic rings. The lowest BCUT2D eigenvalue weighted by Gasteiger charge is -2.70. The van der Waals surface area contributed by atoms with Crippen molar-refractivity contribution >= 4 is 18.0 Å². The van der Waals surface area contributed by atoms with Gasteiger partial charge in [-0.3, -0.25) is 4.79 Å². The molecule has 6 rings (SSSR count).